The summed E-state index contributed by atoms with van der Waals surface area (Å²) in [7, 11) is 1.18. The molecule has 6 heteroatoms. The third kappa shape index (κ3) is 3.00. The number of ketones is 1. The molecule has 1 aliphatic heterocycles. The fourth-order valence-corrected chi connectivity index (χ4v) is 1.51. The average molecular weight is 241 g/mol. The molecular formula is C11H15NO5. The Morgan fingerprint density at radius 1 is 1.47 bits per heavy atom. The molecule has 0 aliphatic carbocycles. The van der Waals surface area contributed by atoms with E-state index in [9.17, 15) is 14.4 Å². The average Bonchev–Trinajstić information content (AvgIpc) is 2.50. The van der Waals surface area contributed by atoms with Gasteiger partial charge in [0.1, 0.15) is 11.5 Å². The lowest BCUT2D eigenvalue weighted by molar-refractivity contribution is -0.234. The van der Waals surface area contributed by atoms with Crippen LogP contribution in [0.1, 0.15) is 20.8 Å². The number of Topliss-reactive ketones (excluding diaryl/α,β-unsaturated/α-hetero) is 1. The van der Waals surface area contributed by atoms with E-state index in [-0.39, 0.29) is 12.1 Å². The second-order valence-corrected chi connectivity index (χ2v) is 4.64. The number of hydrogen-bond acceptors (Lipinski definition) is 6. The van der Waals surface area contributed by atoms with Crippen LogP contribution in [0, 0.1) is 0 Å². The molecule has 1 fully saturated rings. The lowest BCUT2D eigenvalue weighted by Crippen LogP contribution is -2.42. The van der Waals surface area contributed by atoms with Crippen molar-refractivity contribution >= 4 is 17.7 Å². The van der Waals surface area contributed by atoms with Gasteiger partial charge in [-0.05, 0) is 20.8 Å². The van der Waals surface area contributed by atoms with Crippen LogP contribution in [0.15, 0.2) is 5.57 Å². The van der Waals surface area contributed by atoms with E-state index in [0.717, 1.165) is 5.06 Å². The summed E-state index contributed by atoms with van der Waals surface area (Å²) in [6.07, 6.45) is 0. The van der Waals surface area contributed by atoms with Crippen molar-refractivity contribution in [2.24, 2.45) is 0 Å². The van der Waals surface area contributed by atoms with E-state index < -0.39 is 23.4 Å². The highest BCUT2D eigenvalue weighted by atomic mass is 16.7. The number of esters is 1. The molecule has 17 heavy (non-hydrogen) atoms. The molecule has 1 saturated heterocycles. The van der Waals surface area contributed by atoms with Crippen LogP contribution in [0.2, 0.25) is 0 Å². The Kier molecular flexibility index (Phi) is 3.83. The van der Waals surface area contributed by atoms with E-state index in [0.29, 0.717) is 0 Å². The van der Waals surface area contributed by atoms with Gasteiger partial charge in [0.05, 0.1) is 19.3 Å². The molecule has 0 saturated carbocycles. The molecule has 0 spiro atoms. The van der Waals surface area contributed by atoms with Crippen molar-refractivity contribution in [1.29, 1.82) is 0 Å². The third-order valence-electron chi connectivity index (χ3n) is 2.09. The van der Waals surface area contributed by atoms with Crippen LogP contribution in [-0.4, -0.2) is 48.1 Å². The minimum absolute atomic E-state index is 0.151. The van der Waals surface area contributed by atoms with Gasteiger partial charge in [-0.15, -0.1) is 0 Å². The van der Waals surface area contributed by atoms with Gasteiger partial charge in [-0.2, -0.15) is 5.06 Å². The number of carbonyl (C=O) groups excluding carboxylic acids is 3. The van der Waals surface area contributed by atoms with Crippen LogP contribution in [0.3, 0.4) is 0 Å². The van der Waals surface area contributed by atoms with Crippen molar-refractivity contribution in [3.05, 3.63) is 5.57 Å². The zero-order valence-corrected chi connectivity index (χ0v) is 10.3. The lowest BCUT2D eigenvalue weighted by Gasteiger charge is -2.28. The molecule has 0 N–H and O–H groups in total. The Morgan fingerprint density at radius 2 is 2.06 bits per heavy atom. The summed E-state index contributed by atoms with van der Waals surface area (Å²) in [5.41, 5.74) is -0.827. The summed E-state index contributed by atoms with van der Waals surface area (Å²) in [4.78, 5) is 39.2. The minimum Gasteiger partial charge on any atom is -0.468 e. The van der Waals surface area contributed by atoms with Gasteiger partial charge in [-0.1, -0.05) is 0 Å². The van der Waals surface area contributed by atoms with Gasteiger partial charge < -0.3 is 4.74 Å². The molecule has 1 atom stereocenters. The van der Waals surface area contributed by atoms with Gasteiger partial charge in [0.2, 0.25) is 0 Å². The Balaban J connectivity index is 3.02. The maximum atomic E-state index is 11.5. The van der Waals surface area contributed by atoms with Gasteiger partial charge in [-0.25, -0.2) is 9.59 Å². The van der Waals surface area contributed by atoms with E-state index in [4.69, 9.17) is 4.84 Å². The number of hydrogen-bond donors (Lipinski definition) is 0. The zero-order chi connectivity index (χ0) is 13.2. The first-order valence-electron chi connectivity index (χ1n) is 5.12. The Labute approximate surface area is 99.1 Å². The molecule has 1 rings (SSSR count). The highest BCUT2D eigenvalue weighted by Gasteiger charge is 2.45. The van der Waals surface area contributed by atoms with Crippen LogP contribution in [0.5, 0.6) is 0 Å². The topological polar surface area (TPSA) is 72.9 Å². The fraction of sp³-hybridized carbons (Fsp3) is 0.636. The highest BCUT2D eigenvalue weighted by Crippen LogP contribution is 2.24. The van der Waals surface area contributed by atoms with Gasteiger partial charge >= 0.3 is 5.97 Å². The molecule has 0 radical (unpaired) electrons. The monoisotopic (exact) mass is 241 g/mol. The molecule has 0 aromatic carbocycles. The summed E-state index contributed by atoms with van der Waals surface area (Å²) in [5, 5.41) is 1.16. The summed E-state index contributed by atoms with van der Waals surface area (Å²) in [6.45, 7) is 5.17. The Hall–Kier alpha value is -1.49. The first kappa shape index (κ1) is 13.6. The first-order chi connectivity index (χ1) is 7.80. The van der Waals surface area contributed by atoms with Gasteiger partial charge in [0, 0.05) is 0 Å². The van der Waals surface area contributed by atoms with Crippen molar-refractivity contribution in [2.75, 3.05) is 13.7 Å². The zero-order valence-electron chi connectivity index (χ0n) is 10.3. The predicted octanol–water partition coefficient (Wildman–Crippen LogP) is -0.0992. The smallest absolute Gasteiger partial charge is 0.331 e. The van der Waals surface area contributed by atoms with Gasteiger partial charge in [-0.3, -0.25) is 9.63 Å². The predicted molar refractivity (Wildman–Crippen MR) is 57.6 cm³/mol. The molecule has 0 aromatic heterocycles. The number of nitrogens with zero attached hydrogens (tertiary/aromatic N) is 1. The number of methoxy groups -OCH3 is 1. The summed E-state index contributed by atoms with van der Waals surface area (Å²) >= 11 is 0. The van der Waals surface area contributed by atoms with E-state index in [1.165, 1.54) is 13.1 Å². The quantitative estimate of drug-likeness (QED) is 0.382. The molecule has 0 amide bonds. The summed E-state index contributed by atoms with van der Waals surface area (Å²) < 4.78 is 4.55. The minimum atomic E-state index is -1.12. The molecule has 1 heterocycles. The van der Waals surface area contributed by atoms with E-state index in [2.05, 4.69) is 4.74 Å². The van der Waals surface area contributed by atoms with Crippen molar-refractivity contribution in [3.8, 4) is 0 Å². The second-order valence-electron chi connectivity index (χ2n) is 4.64. The molecule has 0 bridgehead atoms. The molecule has 0 unspecified atom stereocenters. The fourth-order valence-electron chi connectivity index (χ4n) is 1.51. The van der Waals surface area contributed by atoms with Crippen LogP contribution < -0.4 is 0 Å². The van der Waals surface area contributed by atoms with E-state index in [1.807, 2.05) is 0 Å². The Bertz CT molecular complexity index is 389. The largest absolute Gasteiger partial charge is 0.468 e. The van der Waals surface area contributed by atoms with Crippen LogP contribution in [0.4, 0.5) is 0 Å². The maximum Gasteiger partial charge on any atom is 0.331 e. The molecule has 94 valence electrons. The standard InChI is InChI=1S/C11H15NO5/c1-11(2,3)17-12-5-8(14)7(6-13)9(12)10(15)16-4/h9H,5H2,1-4H3/t9-/m0/s1. The SMILES string of the molecule is COC(=O)[C@@H]1C(=C=O)C(=O)CN1OC(C)(C)C. The normalized spacial score (nSPS) is 21.5. The summed E-state index contributed by atoms with van der Waals surface area (Å²) in [5.74, 6) is 0.307. The van der Waals surface area contributed by atoms with E-state index >= 15 is 0 Å². The first-order valence-corrected chi connectivity index (χ1v) is 5.12. The van der Waals surface area contributed by atoms with Crippen molar-refractivity contribution < 1.29 is 24.0 Å². The highest BCUT2D eigenvalue weighted by molar-refractivity contribution is 6.11. The maximum absolute atomic E-state index is 11.5. The van der Waals surface area contributed by atoms with Crippen molar-refractivity contribution in [1.82, 2.24) is 5.06 Å². The molecule has 1 aliphatic rings. The third-order valence-corrected chi connectivity index (χ3v) is 2.09. The number of hydroxylamine groups is 2. The molecular weight excluding hydrogens is 226 g/mol. The Morgan fingerprint density at radius 3 is 2.47 bits per heavy atom. The number of carbonyl (C=O) groups is 2. The van der Waals surface area contributed by atoms with Crippen LogP contribution >= 0.6 is 0 Å². The van der Waals surface area contributed by atoms with E-state index in [1.54, 1.807) is 20.8 Å². The van der Waals surface area contributed by atoms with Crippen molar-refractivity contribution in [3.63, 3.8) is 0 Å². The molecule has 0 aromatic rings. The number of ether oxygens (including phenoxy) is 1. The molecule has 6 nitrogen and oxygen atoms in total. The lowest BCUT2D eigenvalue weighted by atomic mass is 10.1. The van der Waals surface area contributed by atoms with Crippen LogP contribution in [-0.2, 0) is 24.0 Å². The van der Waals surface area contributed by atoms with Crippen molar-refractivity contribution in [2.45, 2.75) is 32.4 Å². The number of rotatable bonds is 2. The van der Waals surface area contributed by atoms with Gasteiger partial charge in [0.25, 0.3) is 0 Å². The van der Waals surface area contributed by atoms with Gasteiger partial charge in [0.15, 0.2) is 11.8 Å². The van der Waals surface area contributed by atoms with Crippen LogP contribution in [0.25, 0.3) is 0 Å². The second kappa shape index (κ2) is 4.79. The summed E-state index contributed by atoms with van der Waals surface area (Å²) in [6, 6.07) is -1.12.